The summed E-state index contributed by atoms with van der Waals surface area (Å²) in [6.07, 6.45) is 0.963. The molecule has 7 rings (SSSR count). The van der Waals surface area contributed by atoms with Gasteiger partial charge in [-0.2, -0.15) is 0 Å². The maximum absolute atomic E-state index is 2.41. The Labute approximate surface area is 231 Å². The Morgan fingerprint density at radius 3 is 1.67 bits per heavy atom. The van der Waals surface area contributed by atoms with Gasteiger partial charge >= 0.3 is 0 Å². The van der Waals surface area contributed by atoms with E-state index in [1.54, 1.807) is 0 Å². The zero-order valence-electron chi connectivity index (χ0n) is 22.4. The second-order valence-electron chi connectivity index (χ2n) is 10.6. The van der Waals surface area contributed by atoms with Crippen LogP contribution in [0.4, 0.5) is 0 Å². The van der Waals surface area contributed by atoms with E-state index in [4.69, 9.17) is 0 Å². The Morgan fingerprint density at radius 2 is 0.949 bits per heavy atom. The average Bonchev–Trinajstić information content (AvgIpc) is 3.36. The molecule has 39 heavy (non-hydrogen) atoms. The van der Waals surface area contributed by atoms with Crippen LogP contribution in [0.25, 0.3) is 55.6 Å². The summed E-state index contributed by atoms with van der Waals surface area (Å²) in [6, 6.07) is 48.7. The van der Waals surface area contributed by atoms with Crippen molar-refractivity contribution >= 4 is 0 Å². The van der Waals surface area contributed by atoms with Crippen molar-refractivity contribution in [3.63, 3.8) is 0 Å². The molecule has 0 aliphatic heterocycles. The Morgan fingerprint density at radius 1 is 0.410 bits per heavy atom. The molecule has 0 radical (unpaired) electrons. The normalized spacial score (nSPS) is 11.7. The zero-order chi connectivity index (χ0) is 26.3. The van der Waals surface area contributed by atoms with E-state index in [9.17, 15) is 0 Å². The maximum atomic E-state index is 2.41. The quantitative estimate of drug-likeness (QED) is 0.226. The Bertz CT molecular complexity index is 1820. The van der Waals surface area contributed by atoms with Crippen molar-refractivity contribution in [3.05, 3.63) is 156 Å². The Balaban J connectivity index is 1.59. The van der Waals surface area contributed by atoms with E-state index in [1.807, 2.05) is 0 Å². The lowest BCUT2D eigenvalue weighted by atomic mass is 9.80. The molecular formula is C39H30. The molecule has 6 aromatic carbocycles. The minimum absolute atomic E-state index is 0.963. The number of hydrogen-bond donors (Lipinski definition) is 0. The van der Waals surface area contributed by atoms with Gasteiger partial charge in [0.2, 0.25) is 0 Å². The van der Waals surface area contributed by atoms with Crippen LogP contribution in [0.3, 0.4) is 0 Å². The second-order valence-corrected chi connectivity index (χ2v) is 10.6. The van der Waals surface area contributed by atoms with Crippen LogP contribution in [-0.2, 0) is 6.42 Å². The average molecular weight is 499 g/mol. The van der Waals surface area contributed by atoms with Crippen LogP contribution in [0.1, 0.15) is 22.3 Å². The van der Waals surface area contributed by atoms with Gasteiger partial charge in [0.25, 0.3) is 0 Å². The molecule has 0 N–H and O–H groups in total. The molecule has 0 atom stereocenters. The van der Waals surface area contributed by atoms with Gasteiger partial charge in [0, 0.05) is 0 Å². The molecule has 0 bridgehead atoms. The number of aryl methyl sites for hydroxylation is 1. The van der Waals surface area contributed by atoms with Crippen molar-refractivity contribution in [2.45, 2.75) is 20.3 Å². The van der Waals surface area contributed by atoms with Gasteiger partial charge < -0.3 is 0 Å². The number of rotatable bonds is 4. The van der Waals surface area contributed by atoms with Gasteiger partial charge in [-0.1, -0.05) is 133 Å². The molecule has 0 aromatic heterocycles. The fraction of sp³-hybridized carbons (Fsp3) is 0.0769. The monoisotopic (exact) mass is 498 g/mol. The third kappa shape index (κ3) is 3.92. The first-order valence-electron chi connectivity index (χ1n) is 13.8. The summed E-state index contributed by atoms with van der Waals surface area (Å²) < 4.78 is 0. The van der Waals surface area contributed by atoms with Crippen LogP contribution in [-0.4, -0.2) is 0 Å². The van der Waals surface area contributed by atoms with Crippen LogP contribution in [0.2, 0.25) is 0 Å². The lowest BCUT2D eigenvalue weighted by molar-refractivity contribution is 1.23. The van der Waals surface area contributed by atoms with Crippen molar-refractivity contribution in [2.24, 2.45) is 0 Å². The molecule has 6 aromatic rings. The van der Waals surface area contributed by atoms with Gasteiger partial charge in [0.1, 0.15) is 0 Å². The topological polar surface area (TPSA) is 0 Å². The number of hydrogen-bond acceptors (Lipinski definition) is 0. The van der Waals surface area contributed by atoms with Crippen LogP contribution < -0.4 is 0 Å². The molecule has 0 amide bonds. The van der Waals surface area contributed by atoms with E-state index in [-0.39, 0.29) is 0 Å². The van der Waals surface area contributed by atoms with E-state index in [2.05, 4.69) is 147 Å². The summed E-state index contributed by atoms with van der Waals surface area (Å²) in [6.45, 7) is 4.57. The summed E-state index contributed by atoms with van der Waals surface area (Å²) in [5.41, 5.74) is 18.6. The van der Waals surface area contributed by atoms with Gasteiger partial charge in [-0.15, -0.1) is 0 Å². The summed E-state index contributed by atoms with van der Waals surface area (Å²) >= 11 is 0. The highest BCUT2D eigenvalue weighted by molar-refractivity contribution is 6.02. The summed E-state index contributed by atoms with van der Waals surface area (Å²) in [5.74, 6) is 0. The van der Waals surface area contributed by atoms with Crippen LogP contribution >= 0.6 is 0 Å². The number of fused-ring (bicyclic) bond motifs is 3. The minimum Gasteiger partial charge on any atom is -0.0622 e. The van der Waals surface area contributed by atoms with Crippen molar-refractivity contribution in [1.82, 2.24) is 0 Å². The molecule has 0 unspecified atom stereocenters. The molecule has 0 fully saturated rings. The predicted molar refractivity (Wildman–Crippen MR) is 166 cm³/mol. The summed E-state index contributed by atoms with van der Waals surface area (Å²) in [7, 11) is 0. The van der Waals surface area contributed by atoms with E-state index >= 15 is 0 Å². The SMILES string of the molecule is Cc1cc2c(c(-c3c(-c4ccccc4)cccc3-c3ccccc3-c3ccccc3)c1C)Cc1ccccc1-2. The molecule has 186 valence electrons. The first kappa shape index (κ1) is 23.4. The lowest BCUT2D eigenvalue weighted by Crippen LogP contribution is -2.00. The highest BCUT2D eigenvalue weighted by atomic mass is 14.3. The van der Waals surface area contributed by atoms with Crippen molar-refractivity contribution in [3.8, 4) is 55.6 Å². The molecule has 0 heterocycles. The minimum atomic E-state index is 0.963. The Kier molecular flexibility index (Phi) is 5.75. The fourth-order valence-electron chi connectivity index (χ4n) is 6.35. The molecule has 0 saturated carbocycles. The van der Waals surface area contributed by atoms with Crippen molar-refractivity contribution in [2.75, 3.05) is 0 Å². The molecule has 0 spiro atoms. The highest BCUT2D eigenvalue weighted by Crippen LogP contribution is 2.50. The zero-order valence-corrected chi connectivity index (χ0v) is 22.4. The summed E-state index contributed by atoms with van der Waals surface area (Å²) in [5, 5.41) is 0. The molecule has 1 aliphatic carbocycles. The third-order valence-electron chi connectivity index (χ3n) is 8.33. The largest absolute Gasteiger partial charge is 0.0622 e. The van der Waals surface area contributed by atoms with Gasteiger partial charge in [0.15, 0.2) is 0 Å². The van der Waals surface area contributed by atoms with Crippen LogP contribution in [0.15, 0.2) is 133 Å². The van der Waals surface area contributed by atoms with E-state index < -0.39 is 0 Å². The third-order valence-corrected chi connectivity index (χ3v) is 8.33. The molecule has 0 heteroatoms. The molecule has 1 aliphatic rings. The second kappa shape index (κ2) is 9.57. The lowest BCUT2D eigenvalue weighted by Gasteiger charge is -2.23. The highest BCUT2D eigenvalue weighted by Gasteiger charge is 2.27. The molecule has 0 saturated heterocycles. The van der Waals surface area contributed by atoms with Crippen molar-refractivity contribution in [1.29, 1.82) is 0 Å². The first-order valence-corrected chi connectivity index (χ1v) is 13.8. The Hall–Kier alpha value is -4.68. The van der Waals surface area contributed by atoms with E-state index in [0.717, 1.165) is 6.42 Å². The fourth-order valence-corrected chi connectivity index (χ4v) is 6.35. The maximum Gasteiger partial charge on any atom is -0.000717 e. The predicted octanol–water partition coefficient (Wildman–Crippen LogP) is 10.5. The van der Waals surface area contributed by atoms with Gasteiger partial charge in [-0.3, -0.25) is 0 Å². The van der Waals surface area contributed by atoms with Gasteiger partial charge in [-0.25, -0.2) is 0 Å². The van der Waals surface area contributed by atoms with Gasteiger partial charge in [-0.05, 0) is 98.2 Å². The first-order chi connectivity index (χ1) is 19.2. The van der Waals surface area contributed by atoms with Crippen molar-refractivity contribution < 1.29 is 0 Å². The van der Waals surface area contributed by atoms with E-state index in [1.165, 1.54) is 77.9 Å². The standard InChI is InChI=1S/C39H30/c1-26-24-36-32-20-10-9-18-30(32)25-37(36)38(27(26)2)39-33(29-16-7-4-8-17-29)22-13-23-35(39)34-21-12-11-19-31(34)28-14-5-3-6-15-28/h3-24H,25H2,1-2H3. The molecule has 0 nitrogen and oxygen atoms in total. The van der Waals surface area contributed by atoms with E-state index in [0.29, 0.717) is 0 Å². The molecular weight excluding hydrogens is 468 g/mol. The number of benzene rings is 6. The summed E-state index contributed by atoms with van der Waals surface area (Å²) in [4.78, 5) is 0. The smallest absolute Gasteiger partial charge is 0.000717 e. The van der Waals surface area contributed by atoms with Crippen LogP contribution in [0.5, 0.6) is 0 Å². The van der Waals surface area contributed by atoms with Crippen LogP contribution in [0, 0.1) is 13.8 Å². The van der Waals surface area contributed by atoms with Gasteiger partial charge in [0.05, 0.1) is 0 Å².